The van der Waals surface area contributed by atoms with Gasteiger partial charge in [0.05, 0.1) is 23.2 Å². The molecule has 0 heterocycles. The monoisotopic (exact) mass is 452 g/mol. The third kappa shape index (κ3) is 5.68. The maximum atomic E-state index is 13.4. The second kappa shape index (κ2) is 10.3. The van der Waals surface area contributed by atoms with Crippen LogP contribution in [0, 0.1) is 6.92 Å². The van der Waals surface area contributed by atoms with Gasteiger partial charge in [0.2, 0.25) is 5.91 Å². The highest BCUT2D eigenvalue weighted by molar-refractivity contribution is 7.92. The number of nitrogens with one attached hydrogen (secondary N) is 1. The minimum Gasteiger partial charge on any atom is -0.494 e. The lowest BCUT2D eigenvalue weighted by Crippen LogP contribution is -2.41. The van der Waals surface area contributed by atoms with E-state index < -0.39 is 15.9 Å². The number of hydrogen-bond donors (Lipinski definition) is 1. The lowest BCUT2D eigenvalue weighted by molar-refractivity contribution is -0.120. The molecule has 0 saturated carbocycles. The van der Waals surface area contributed by atoms with Crippen LogP contribution in [0.2, 0.25) is 0 Å². The lowest BCUT2D eigenvalue weighted by atomic mass is 10.1. The molecule has 32 heavy (non-hydrogen) atoms. The first-order valence-corrected chi connectivity index (χ1v) is 11.9. The largest absolute Gasteiger partial charge is 0.494 e. The molecule has 0 saturated heterocycles. The van der Waals surface area contributed by atoms with Crippen LogP contribution in [-0.4, -0.2) is 27.5 Å². The van der Waals surface area contributed by atoms with Gasteiger partial charge in [-0.2, -0.15) is 0 Å². The Kier molecular flexibility index (Phi) is 7.53. The molecule has 0 fully saturated rings. The normalized spacial score (nSPS) is 12.1. The van der Waals surface area contributed by atoms with Gasteiger partial charge in [-0.3, -0.25) is 9.10 Å². The van der Waals surface area contributed by atoms with E-state index in [1.54, 1.807) is 42.5 Å². The van der Waals surface area contributed by atoms with Gasteiger partial charge in [-0.05, 0) is 62.7 Å². The number of nitrogens with zero attached hydrogens (tertiary/aromatic N) is 1. The van der Waals surface area contributed by atoms with Crippen LogP contribution in [-0.2, 0) is 14.8 Å². The van der Waals surface area contributed by atoms with E-state index in [2.05, 4.69) is 5.32 Å². The molecule has 1 N–H and O–H groups in total. The average Bonchev–Trinajstić information content (AvgIpc) is 2.79. The summed E-state index contributed by atoms with van der Waals surface area (Å²) >= 11 is 0. The van der Waals surface area contributed by atoms with E-state index in [1.165, 1.54) is 12.1 Å². The van der Waals surface area contributed by atoms with E-state index in [0.29, 0.717) is 18.0 Å². The van der Waals surface area contributed by atoms with E-state index in [9.17, 15) is 13.2 Å². The van der Waals surface area contributed by atoms with E-state index in [-0.39, 0.29) is 17.5 Å². The Morgan fingerprint density at radius 1 is 0.969 bits per heavy atom. The van der Waals surface area contributed by atoms with Crippen LogP contribution in [0.25, 0.3) is 0 Å². The van der Waals surface area contributed by atoms with Gasteiger partial charge in [-0.1, -0.05) is 48.0 Å². The molecule has 168 valence electrons. The highest BCUT2D eigenvalue weighted by Gasteiger charge is 2.27. The minimum atomic E-state index is -3.97. The zero-order valence-electron chi connectivity index (χ0n) is 18.5. The Labute approximate surface area is 189 Å². The summed E-state index contributed by atoms with van der Waals surface area (Å²) < 4.78 is 33.4. The first-order chi connectivity index (χ1) is 15.3. The van der Waals surface area contributed by atoms with Crippen molar-refractivity contribution in [3.63, 3.8) is 0 Å². The smallest absolute Gasteiger partial charge is 0.264 e. The molecule has 0 spiro atoms. The van der Waals surface area contributed by atoms with E-state index in [4.69, 9.17) is 4.74 Å². The fourth-order valence-electron chi connectivity index (χ4n) is 3.27. The topological polar surface area (TPSA) is 75.7 Å². The van der Waals surface area contributed by atoms with Crippen LogP contribution in [0.3, 0.4) is 0 Å². The molecule has 6 nitrogen and oxygen atoms in total. The van der Waals surface area contributed by atoms with Crippen molar-refractivity contribution in [2.24, 2.45) is 0 Å². The maximum Gasteiger partial charge on any atom is 0.264 e. The molecule has 0 bridgehead atoms. The summed E-state index contributed by atoms with van der Waals surface area (Å²) in [6.07, 6.45) is 0. The molecule has 3 aromatic rings. The summed E-state index contributed by atoms with van der Waals surface area (Å²) in [5.74, 6) is 0.193. The van der Waals surface area contributed by atoms with Gasteiger partial charge in [-0.25, -0.2) is 8.42 Å². The Morgan fingerprint density at radius 2 is 1.59 bits per heavy atom. The zero-order chi connectivity index (χ0) is 23.1. The number of benzene rings is 3. The van der Waals surface area contributed by atoms with Crippen molar-refractivity contribution in [3.8, 4) is 5.75 Å². The molecular weight excluding hydrogens is 424 g/mol. The van der Waals surface area contributed by atoms with Crippen LogP contribution >= 0.6 is 0 Å². The predicted octanol–water partition coefficient (Wildman–Crippen LogP) is 4.47. The molecule has 0 aliphatic carbocycles. The fraction of sp³-hybridized carbons (Fsp3) is 0.240. The zero-order valence-corrected chi connectivity index (χ0v) is 19.3. The summed E-state index contributed by atoms with van der Waals surface area (Å²) in [6, 6.07) is 22.4. The molecule has 0 aliphatic heterocycles. The number of para-hydroxylation sites is 1. The van der Waals surface area contributed by atoms with Crippen LogP contribution in [0.5, 0.6) is 5.75 Å². The van der Waals surface area contributed by atoms with Crippen LogP contribution < -0.4 is 14.4 Å². The molecule has 3 rings (SSSR count). The SMILES string of the molecule is CCOc1ccc(S(=O)(=O)N(CC(=O)N[C@@H](C)c2ccc(C)cc2)c2ccccc2)cc1. The fourth-order valence-corrected chi connectivity index (χ4v) is 4.69. The quantitative estimate of drug-likeness (QED) is 0.520. The van der Waals surface area contributed by atoms with E-state index >= 15 is 0 Å². The summed E-state index contributed by atoms with van der Waals surface area (Å²) in [7, 11) is -3.97. The molecule has 0 aromatic heterocycles. The Morgan fingerprint density at radius 3 is 2.19 bits per heavy atom. The number of sulfonamides is 1. The van der Waals surface area contributed by atoms with Crippen LogP contribution in [0.4, 0.5) is 5.69 Å². The second-order valence-corrected chi connectivity index (χ2v) is 9.31. The summed E-state index contributed by atoms with van der Waals surface area (Å²) in [5, 5.41) is 2.90. The van der Waals surface area contributed by atoms with Gasteiger partial charge >= 0.3 is 0 Å². The number of rotatable bonds is 9. The van der Waals surface area contributed by atoms with Crippen molar-refractivity contribution in [3.05, 3.63) is 90.0 Å². The van der Waals surface area contributed by atoms with Crippen molar-refractivity contribution < 1.29 is 17.9 Å². The number of carbonyl (C=O) groups is 1. The van der Waals surface area contributed by atoms with Gasteiger partial charge in [0.1, 0.15) is 12.3 Å². The molecule has 3 aromatic carbocycles. The van der Waals surface area contributed by atoms with Gasteiger partial charge in [-0.15, -0.1) is 0 Å². The second-order valence-electron chi connectivity index (χ2n) is 7.45. The molecular formula is C25H28N2O4S. The van der Waals surface area contributed by atoms with E-state index in [1.807, 2.05) is 45.0 Å². The Hall–Kier alpha value is -3.32. The predicted molar refractivity (Wildman–Crippen MR) is 126 cm³/mol. The minimum absolute atomic E-state index is 0.0872. The molecule has 0 unspecified atom stereocenters. The average molecular weight is 453 g/mol. The van der Waals surface area contributed by atoms with Crippen molar-refractivity contribution in [2.45, 2.75) is 31.7 Å². The maximum absolute atomic E-state index is 13.4. The summed E-state index contributed by atoms with van der Waals surface area (Å²) in [4.78, 5) is 12.9. The molecule has 0 aliphatic rings. The van der Waals surface area contributed by atoms with E-state index in [0.717, 1.165) is 15.4 Å². The van der Waals surface area contributed by atoms with Crippen molar-refractivity contribution in [2.75, 3.05) is 17.5 Å². The number of amides is 1. The van der Waals surface area contributed by atoms with Gasteiger partial charge in [0.15, 0.2) is 0 Å². The molecule has 0 radical (unpaired) electrons. The van der Waals surface area contributed by atoms with Crippen molar-refractivity contribution >= 4 is 21.6 Å². The number of aryl methyl sites for hydroxylation is 1. The third-order valence-electron chi connectivity index (χ3n) is 5.01. The Balaban J connectivity index is 1.84. The highest BCUT2D eigenvalue weighted by Crippen LogP contribution is 2.25. The summed E-state index contributed by atoms with van der Waals surface area (Å²) in [5.41, 5.74) is 2.49. The van der Waals surface area contributed by atoms with Crippen LogP contribution in [0.15, 0.2) is 83.8 Å². The first-order valence-electron chi connectivity index (χ1n) is 10.5. The van der Waals surface area contributed by atoms with Gasteiger partial charge < -0.3 is 10.1 Å². The number of carbonyl (C=O) groups excluding carboxylic acids is 1. The molecule has 1 atom stereocenters. The van der Waals surface area contributed by atoms with Gasteiger partial charge in [0.25, 0.3) is 10.0 Å². The third-order valence-corrected chi connectivity index (χ3v) is 6.80. The number of anilines is 1. The molecule has 7 heteroatoms. The summed E-state index contributed by atoms with van der Waals surface area (Å²) in [6.45, 7) is 5.88. The van der Waals surface area contributed by atoms with Crippen LogP contribution in [0.1, 0.15) is 31.0 Å². The standard InChI is InChI=1S/C25H28N2O4S/c1-4-31-23-14-16-24(17-15-23)32(29,30)27(22-8-6-5-7-9-22)18-25(28)26-20(3)21-12-10-19(2)11-13-21/h5-17,20H,4,18H2,1-3H3,(H,26,28)/t20-/m0/s1. The first kappa shape index (κ1) is 23.3. The van der Waals surface area contributed by atoms with Gasteiger partial charge in [0, 0.05) is 0 Å². The number of hydrogen-bond acceptors (Lipinski definition) is 4. The Bertz CT molecular complexity index is 1130. The lowest BCUT2D eigenvalue weighted by Gasteiger charge is -2.25. The van der Waals surface area contributed by atoms with Crippen molar-refractivity contribution in [1.82, 2.24) is 5.32 Å². The van der Waals surface area contributed by atoms with Crippen molar-refractivity contribution in [1.29, 1.82) is 0 Å². The highest BCUT2D eigenvalue weighted by atomic mass is 32.2. The number of ether oxygens (including phenoxy) is 1. The molecule has 1 amide bonds.